The Morgan fingerprint density at radius 2 is 2.05 bits per heavy atom. The van der Waals surface area contributed by atoms with Gasteiger partial charge in [0, 0.05) is 25.2 Å². The van der Waals surface area contributed by atoms with Crippen molar-refractivity contribution in [3.05, 3.63) is 22.5 Å². The van der Waals surface area contributed by atoms with E-state index >= 15 is 0 Å². The lowest BCUT2D eigenvalue weighted by Gasteiger charge is -2.44. The van der Waals surface area contributed by atoms with Gasteiger partial charge in [-0.15, -0.1) is 0 Å². The average Bonchev–Trinajstić information content (AvgIpc) is 2.86. The molecule has 0 N–H and O–H groups in total. The number of piperazine rings is 1. The van der Waals surface area contributed by atoms with Crippen molar-refractivity contribution in [3.8, 4) is 0 Å². The van der Waals surface area contributed by atoms with Crippen molar-refractivity contribution in [3.63, 3.8) is 0 Å². The fraction of sp³-hybridized carbons (Fsp3) is 0.692. The van der Waals surface area contributed by atoms with Gasteiger partial charge in [0.05, 0.1) is 4.92 Å². The van der Waals surface area contributed by atoms with Gasteiger partial charge >= 0.3 is 5.69 Å². The van der Waals surface area contributed by atoms with Crippen LogP contribution in [0, 0.1) is 10.1 Å². The second-order valence-corrected chi connectivity index (χ2v) is 5.50. The Morgan fingerprint density at radius 1 is 1.43 bits per heavy atom. The van der Waals surface area contributed by atoms with Crippen LogP contribution in [0.15, 0.2) is 12.4 Å². The van der Waals surface area contributed by atoms with Crippen LogP contribution < -0.4 is 0 Å². The summed E-state index contributed by atoms with van der Waals surface area (Å²) in [7, 11) is 0. The lowest BCUT2D eigenvalue weighted by Crippen LogP contribution is -2.59. The third-order valence-electron chi connectivity index (χ3n) is 3.86. The maximum atomic E-state index is 12.4. The Morgan fingerprint density at radius 3 is 2.52 bits per heavy atom. The lowest BCUT2D eigenvalue weighted by atomic mass is 10.1. The molecule has 116 valence electrons. The fourth-order valence-electron chi connectivity index (χ4n) is 2.94. The number of hydrogen-bond acceptors (Lipinski definition) is 5. The van der Waals surface area contributed by atoms with Gasteiger partial charge in [0.15, 0.2) is 0 Å². The molecule has 8 heteroatoms. The molecule has 1 aliphatic rings. The molecule has 0 bridgehead atoms. The predicted octanol–water partition coefficient (Wildman–Crippen LogP) is 0.732. The van der Waals surface area contributed by atoms with Gasteiger partial charge in [-0.1, -0.05) is 6.92 Å². The van der Waals surface area contributed by atoms with Gasteiger partial charge in [-0.3, -0.25) is 24.5 Å². The molecule has 1 saturated heterocycles. The highest BCUT2D eigenvalue weighted by Crippen LogP contribution is 2.17. The molecule has 8 nitrogen and oxygen atoms in total. The van der Waals surface area contributed by atoms with E-state index in [9.17, 15) is 14.9 Å². The number of carbonyl (C=O) groups excluding carboxylic acids is 1. The highest BCUT2D eigenvalue weighted by molar-refractivity contribution is 5.76. The van der Waals surface area contributed by atoms with E-state index in [1.807, 2.05) is 18.7 Å². The zero-order valence-electron chi connectivity index (χ0n) is 12.6. The molecule has 0 aliphatic carbocycles. The molecule has 0 saturated carbocycles. The second kappa shape index (κ2) is 6.21. The quantitative estimate of drug-likeness (QED) is 0.604. The van der Waals surface area contributed by atoms with Gasteiger partial charge in [-0.25, -0.2) is 0 Å². The Labute approximate surface area is 123 Å². The van der Waals surface area contributed by atoms with Crippen LogP contribution in [-0.4, -0.2) is 62.1 Å². The Hall–Kier alpha value is -1.96. The SMILES string of the molecule is CCN1C[C@H](C)N(C(=O)Cn2cc([N+](=O)[O-])cn2)[C@@H](C)C1. The molecule has 2 atom stereocenters. The van der Waals surface area contributed by atoms with E-state index < -0.39 is 4.92 Å². The van der Waals surface area contributed by atoms with Crippen LogP contribution in [0.1, 0.15) is 20.8 Å². The molecule has 0 aromatic carbocycles. The van der Waals surface area contributed by atoms with Gasteiger partial charge in [-0.2, -0.15) is 5.10 Å². The van der Waals surface area contributed by atoms with E-state index in [0.29, 0.717) is 0 Å². The molecular formula is C13H21N5O3. The zero-order valence-corrected chi connectivity index (χ0v) is 12.6. The highest BCUT2D eigenvalue weighted by Gasteiger charge is 2.32. The third kappa shape index (κ3) is 3.38. The van der Waals surface area contributed by atoms with E-state index in [1.54, 1.807) is 0 Å². The van der Waals surface area contributed by atoms with Gasteiger partial charge in [0.1, 0.15) is 18.9 Å². The van der Waals surface area contributed by atoms with Gasteiger partial charge in [-0.05, 0) is 20.4 Å². The zero-order chi connectivity index (χ0) is 15.6. The third-order valence-corrected chi connectivity index (χ3v) is 3.86. The normalized spacial score (nSPS) is 23.3. The smallest absolute Gasteiger partial charge is 0.307 e. The minimum Gasteiger partial charge on any atom is -0.333 e. The summed E-state index contributed by atoms with van der Waals surface area (Å²) in [6.07, 6.45) is 2.45. The molecule has 1 aromatic rings. The van der Waals surface area contributed by atoms with Crippen molar-refractivity contribution in [2.45, 2.75) is 39.4 Å². The molecule has 21 heavy (non-hydrogen) atoms. The second-order valence-electron chi connectivity index (χ2n) is 5.50. The van der Waals surface area contributed by atoms with Gasteiger partial charge in [0.2, 0.25) is 5.91 Å². The Balaban J connectivity index is 2.03. The lowest BCUT2D eigenvalue weighted by molar-refractivity contribution is -0.385. The van der Waals surface area contributed by atoms with E-state index in [-0.39, 0.29) is 30.2 Å². The molecule has 1 aliphatic heterocycles. The monoisotopic (exact) mass is 295 g/mol. The predicted molar refractivity (Wildman–Crippen MR) is 76.8 cm³/mol. The van der Waals surface area contributed by atoms with E-state index in [1.165, 1.54) is 10.9 Å². The highest BCUT2D eigenvalue weighted by atomic mass is 16.6. The van der Waals surface area contributed by atoms with Crippen LogP contribution in [0.5, 0.6) is 0 Å². The van der Waals surface area contributed by atoms with Crippen molar-refractivity contribution >= 4 is 11.6 Å². The van der Waals surface area contributed by atoms with Crippen LogP contribution in [0.2, 0.25) is 0 Å². The van der Waals surface area contributed by atoms with Crippen LogP contribution in [0.25, 0.3) is 0 Å². The summed E-state index contributed by atoms with van der Waals surface area (Å²) in [5, 5.41) is 14.5. The Bertz CT molecular complexity index is 518. The minimum absolute atomic E-state index is 0.0364. The number of nitro groups is 1. The summed E-state index contributed by atoms with van der Waals surface area (Å²) in [4.78, 5) is 26.7. The van der Waals surface area contributed by atoms with Crippen LogP contribution in [-0.2, 0) is 11.3 Å². The van der Waals surface area contributed by atoms with Crippen molar-refractivity contribution < 1.29 is 9.72 Å². The van der Waals surface area contributed by atoms with Crippen molar-refractivity contribution in [2.24, 2.45) is 0 Å². The van der Waals surface area contributed by atoms with E-state index in [2.05, 4.69) is 16.9 Å². The summed E-state index contributed by atoms with van der Waals surface area (Å²) >= 11 is 0. The first-order valence-corrected chi connectivity index (χ1v) is 7.12. The topological polar surface area (TPSA) is 84.5 Å². The first-order valence-electron chi connectivity index (χ1n) is 7.12. The molecule has 1 aromatic heterocycles. The number of carbonyl (C=O) groups is 1. The number of hydrogen-bond donors (Lipinski definition) is 0. The summed E-state index contributed by atoms with van der Waals surface area (Å²) in [6.45, 7) is 8.89. The summed E-state index contributed by atoms with van der Waals surface area (Å²) in [6, 6.07) is 0.262. The summed E-state index contributed by atoms with van der Waals surface area (Å²) in [5.41, 5.74) is -0.0975. The number of amides is 1. The van der Waals surface area contributed by atoms with Crippen molar-refractivity contribution in [1.82, 2.24) is 19.6 Å². The fourth-order valence-corrected chi connectivity index (χ4v) is 2.94. The maximum Gasteiger partial charge on any atom is 0.307 e. The number of aromatic nitrogens is 2. The number of nitrogens with zero attached hydrogens (tertiary/aromatic N) is 5. The van der Waals surface area contributed by atoms with Crippen LogP contribution in [0.4, 0.5) is 5.69 Å². The molecular weight excluding hydrogens is 274 g/mol. The Kier molecular flexibility index (Phi) is 4.56. The molecule has 0 radical (unpaired) electrons. The first-order chi connectivity index (χ1) is 9.92. The van der Waals surface area contributed by atoms with Gasteiger partial charge < -0.3 is 4.90 Å². The number of rotatable bonds is 4. The summed E-state index contributed by atoms with van der Waals surface area (Å²) in [5.74, 6) is -0.0521. The van der Waals surface area contributed by atoms with Crippen LogP contribution >= 0.6 is 0 Å². The minimum atomic E-state index is -0.515. The maximum absolute atomic E-state index is 12.4. The molecule has 1 amide bonds. The molecule has 0 spiro atoms. The average molecular weight is 295 g/mol. The largest absolute Gasteiger partial charge is 0.333 e. The van der Waals surface area contributed by atoms with Crippen molar-refractivity contribution in [2.75, 3.05) is 19.6 Å². The van der Waals surface area contributed by atoms with E-state index in [0.717, 1.165) is 25.8 Å². The van der Waals surface area contributed by atoms with Gasteiger partial charge in [0.25, 0.3) is 0 Å². The number of likely N-dealkylation sites (N-methyl/N-ethyl adjacent to an activating group) is 1. The van der Waals surface area contributed by atoms with Crippen molar-refractivity contribution in [1.29, 1.82) is 0 Å². The molecule has 2 heterocycles. The molecule has 2 rings (SSSR count). The van der Waals surface area contributed by atoms with Crippen LogP contribution in [0.3, 0.4) is 0 Å². The summed E-state index contributed by atoms with van der Waals surface area (Å²) < 4.78 is 1.33. The van der Waals surface area contributed by atoms with E-state index in [4.69, 9.17) is 0 Å². The standard InChI is InChI=1S/C13H21N5O3/c1-4-15-6-10(2)17(11(3)7-15)13(19)9-16-8-12(5-14-16)18(20)21/h5,8,10-11H,4,6-7,9H2,1-3H3/t10-,11-/m0/s1. The molecule has 0 unspecified atom stereocenters. The molecule has 1 fully saturated rings. The first kappa shape index (κ1) is 15.4.